The van der Waals surface area contributed by atoms with Crippen LogP contribution >= 0.6 is 0 Å². The van der Waals surface area contributed by atoms with Crippen molar-refractivity contribution in [2.45, 2.75) is 19.8 Å². The molecule has 102 valence electrons. The summed E-state index contributed by atoms with van der Waals surface area (Å²) < 4.78 is 0. The van der Waals surface area contributed by atoms with Crippen LogP contribution in [0.4, 0.5) is 0 Å². The number of nitrogens with zero attached hydrogens (tertiary/aromatic N) is 1. The molecule has 0 aromatic heterocycles. The molecule has 1 aliphatic heterocycles. The predicted octanol–water partition coefficient (Wildman–Crippen LogP) is 1.60. The molecule has 1 heterocycles. The Bertz CT molecular complexity index is 439. The summed E-state index contributed by atoms with van der Waals surface area (Å²) in [5, 5.41) is 4.10. The van der Waals surface area contributed by atoms with E-state index >= 15 is 0 Å². The first-order valence-corrected chi connectivity index (χ1v) is 6.57. The van der Waals surface area contributed by atoms with Gasteiger partial charge in [0.2, 0.25) is 0 Å². The maximum atomic E-state index is 11.9. The molecule has 1 aliphatic rings. The number of hydroxylamine groups is 2. The lowest BCUT2D eigenvalue weighted by atomic mass is 10.1. The summed E-state index contributed by atoms with van der Waals surface area (Å²) in [6.07, 6.45) is 1.84. The quantitative estimate of drug-likeness (QED) is 0.599. The van der Waals surface area contributed by atoms with Crippen molar-refractivity contribution in [3.63, 3.8) is 0 Å². The van der Waals surface area contributed by atoms with Gasteiger partial charge in [-0.25, -0.2) is 0 Å². The van der Waals surface area contributed by atoms with E-state index in [9.17, 15) is 9.59 Å². The Morgan fingerprint density at radius 1 is 1.11 bits per heavy atom. The van der Waals surface area contributed by atoms with Crippen LogP contribution in [0.1, 0.15) is 40.5 Å². The number of carbonyl (C=O) groups is 2. The molecule has 0 radical (unpaired) electrons. The zero-order valence-electron chi connectivity index (χ0n) is 11.0. The van der Waals surface area contributed by atoms with Crippen LogP contribution in [0.25, 0.3) is 0 Å². The molecule has 0 fully saturated rings. The summed E-state index contributed by atoms with van der Waals surface area (Å²) in [7, 11) is 0. The highest BCUT2D eigenvalue weighted by atomic mass is 16.7. The normalized spacial score (nSPS) is 14.1. The molecule has 1 N–H and O–H groups in total. The molecule has 1 aromatic rings. The second kappa shape index (κ2) is 6.45. The van der Waals surface area contributed by atoms with E-state index in [1.165, 1.54) is 0 Å². The zero-order valence-corrected chi connectivity index (χ0v) is 11.0. The SMILES string of the molecule is CCCNCCCON1C(=O)c2ccccc2C1=O. The van der Waals surface area contributed by atoms with Crippen LogP contribution in [-0.4, -0.2) is 36.6 Å². The van der Waals surface area contributed by atoms with Crippen LogP contribution < -0.4 is 5.32 Å². The number of amides is 2. The molecule has 0 saturated heterocycles. The summed E-state index contributed by atoms with van der Waals surface area (Å²) in [6, 6.07) is 6.76. The molecule has 0 atom stereocenters. The first-order valence-electron chi connectivity index (χ1n) is 6.57. The number of carbonyl (C=O) groups excluding carboxylic acids is 2. The van der Waals surface area contributed by atoms with E-state index in [4.69, 9.17) is 4.84 Å². The van der Waals surface area contributed by atoms with Gasteiger partial charge in [-0.15, -0.1) is 5.06 Å². The van der Waals surface area contributed by atoms with Crippen molar-refractivity contribution < 1.29 is 14.4 Å². The number of imide groups is 1. The van der Waals surface area contributed by atoms with E-state index in [-0.39, 0.29) is 11.8 Å². The number of nitrogens with one attached hydrogen (secondary N) is 1. The van der Waals surface area contributed by atoms with Gasteiger partial charge in [0.15, 0.2) is 0 Å². The van der Waals surface area contributed by atoms with Crippen LogP contribution in [0, 0.1) is 0 Å². The fraction of sp³-hybridized carbons (Fsp3) is 0.429. The highest BCUT2D eigenvalue weighted by molar-refractivity contribution is 6.20. The number of hydrogen-bond donors (Lipinski definition) is 1. The van der Waals surface area contributed by atoms with Gasteiger partial charge in [0.05, 0.1) is 17.7 Å². The smallest absolute Gasteiger partial charge is 0.285 e. The molecular formula is C14H18N2O3. The minimum Gasteiger partial charge on any atom is -0.317 e. The molecule has 5 heteroatoms. The molecule has 0 saturated carbocycles. The van der Waals surface area contributed by atoms with Gasteiger partial charge < -0.3 is 5.32 Å². The third-order valence-corrected chi connectivity index (χ3v) is 2.90. The predicted molar refractivity (Wildman–Crippen MR) is 70.7 cm³/mol. The van der Waals surface area contributed by atoms with Crippen molar-refractivity contribution in [1.29, 1.82) is 0 Å². The summed E-state index contributed by atoms with van der Waals surface area (Å²) in [6.45, 7) is 4.23. The minimum absolute atomic E-state index is 0.349. The summed E-state index contributed by atoms with van der Waals surface area (Å²) in [5.41, 5.74) is 0.827. The Kier molecular flexibility index (Phi) is 4.65. The highest BCUT2D eigenvalue weighted by Gasteiger charge is 2.36. The Morgan fingerprint density at radius 2 is 1.74 bits per heavy atom. The van der Waals surface area contributed by atoms with Crippen molar-refractivity contribution >= 4 is 11.8 Å². The highest BCUT2D eigenvalue weighted by Crippen LogP contribution is 2.22. The van der Waals surface area contributed by atoms with E-state index in [0.29, 0.717) is 17.7 Å². The van der Waals surface area contributed by atoms with E-state index in [1.54, 1.807) is 24.3 Å². The van der Waals surface area contributed by atoms with E-state index < -0.39 is 0 Å². The standard InChI is InChI=1S/C14H18N2O3/c1-2-8-15-9-5-10-19-16-13(17)11-6-3-4-7-12(11)14(16)18/h3-4,6-7,15H,2,5,8-10H2,1H3. The lowest BCUT2D eigenvalue weighted by Crippen LogP contribution is -2.31. The van der Waals surface area contributed by atoms with Gasteiger partial charge in [0.25, 0.3) is 11.8 Å². The van der Waals surface area contributed by atoms with Crippen LogP contribution in [0.5, 0.6) is 0 Å². The fourth-order valence-electron chi connectivity index (χ4n) is 1.94. The van der Waals surface area contributed by atoms with E-state index in [0.717, 1.165) is 31.0 Å². The largest absolute Gasteiger partial charge is 0.317 e. The van der Waals surface area contributed by atoms with Crippen LogP contribution in [0.15, 0.2) is 24.3 Å². The molecule has 0 aliphatic carbocycles. The fourth-order valence-corrected chi connectivity index (χ4v) is 1.94. The van der Waals surface area contributed by atoms with Crippen molar-refractivity contribution in [2.24, 2.45) is 0 Å². The maximum absolute atomic E-state index is 11.9. The van der Waals surface area contributed by atoms with Crippen molar-refractivity contribution in [3.8, 4) is 0 Å². The lowest BCUT2D eigenvalue weighted by Gasteiger charge is -2.13. The second-order valence-electron chi connectivity index (χ2n) is 4.39. The first-order chi connectivity index (χ1) is 9.25. The Morgan fingerprint density at radius 3 is 2.32 bits per heavy atom. The molecule has 0 unspecified atom stereocenters. The molecule has 2 amide bonds. The third kappa shape index (κ3) is 3.00. The average Bonchev–Trinajstić information content (AvgIpc) is 2.68. The number of rotatable bonds is 7. The molecule has 5 nitrogen and oxygen atoms in total. The van der Waals surface area contributed by atoms with Gasteiger partial charge >= 0.3 is 0 Å². The van der Waals surface area contributed by atoms with Crippen LogP contribution in [0.3, 0.4) is 0 Å². The summed E-state index contributed by atoms with van der Waals surface area (Å²) in [5.74, 6) is -0.746. The van der Waals surface area contributed by atoms with Crippen molar-refractivity contribution in [3.05, 3.63) is 35.4 Å². The lowest BCUT2D eigenvalue weighted by molar-refractivity contribution is -0.0917. The van der Waals surface area contributed by atoms with Gasteiger partial charge in [0.1, 0.15) is 0 Å². The Balaban J connectivity index is 1.83. The number of hydrogen-bond acceptors (Lipinski definition) is 4. The maximum Gasteiger partial charge on any atom is 0.285 e. The first kappa shape index (κ1) is 13.7. The summed E-state index contributed by atoms with van der Waals surface area (Å²) >= 11 is 0. The Labute approximate surface area is 112 Å². The van der Waals surface area contributed by atoms with E-state index in [1.807, 2.05) is 0 Å². The number of fused-ring (bicyclic) bond motifs is 1. The minimum atomic E-state index is -0.373. The van der Waals surface area contributed by atoms with Gasteiger partial charge in [-0.1, -0.05) is 19.1 Å². The topological polar surface area (TPSA) is 58.6 Å². The second-order valence-corrected chi connectivity index (χ2v) is 4.39. The molecule has 1 aromatic carbocycles. The van der Waals surface area contributed by atoms with Gasteiger partial charge in [0, 0.05) is 0 Å². The molecule has 0 bridgehead atoms. The van der Waals surface area contributed by atoms with Crippen molar-refractivity contribution in [1.82, 2.24) is 10.4 Å². The monoisotopic (exact) mass is 262 g/mol. The zero-order chi connectivity index (χ0) is 13.7. The molecule has 2 rings (SSSR count). The van der Waals surface area contributed by atoms with Crippen LogP contribution in [0.2, 0.25) is 0 Å². The van der Waals surface area contributed by atoms with E-state index in [2.05, 4.69) is 12.2 Å². The molecular weight excluding hydrogens is 244 g/mol. The Hall–Kier alpha value is -1.72. The molecule has 0 spiro atoms. The van der Waals surface area contributed by atoms with Crippen molar-refractivity contribution in [2.75, 3.05) is 19.7 Å². The van der Waals surface area contributed by atoms with Crippen LogP contribution in [-0.2, 0) is 4.84 Å². The average molecular weight is 262 g/mol. The van der Waals surface area contributed by atoms with Gasteiger partial charge in [-0.3, -0.25) is 14.4 Å². The third-order valence-electron chi connectivity index (χ3n) is 2.90. The summed E-state index contributed by atoms with van der Waals surface area (Å²) in [4.78, 5) is 29.2. The van der Waals surface area contributed by atoms with Gasteiger partial charge in [-0.05, 0) is 38.1 Å². The number of benzene rings is 1. The molecule has 19 heavy (non-hydrogen) atoms. The van der Waals surface area contributed by atoms with Gasteiger partial charge in [-0.2, -0.15) is 0 Å².